The largest absolute Gasteiger partial charge is 0.376 e. The van der Waals surface area contributed by atoms with Crippen LogP contribution in [0.5, 0.6) is 0 Å². The maximum absolute atomic E-state index is 5.69. The van der Waals surface area contributed by atoms with E-state index < -0.39 is 0 Å². The third-order valence-electron chi connectivity index (χ3n) is 2.48. The molecule has 3 heteroatoms. The molecule has 0 saturated carbocycles. The van der Waals surface area contributed by atoms with E-state index in [-0.39, 0.29) is 18.3 Å². The van der Waals surface area contributed by atoms with E-state index in [1.54, 1.807) is 0 Å². The second-order valence-corrected chi connectivity index (χ2v) is 3.74. The molecular weight excluding hydrogens is 156 g/mol. The quantitative estimate of drug-likeness (QED) is 0.545. The van der Waals surface area contributed by atoms with Gasteiger partial charge >= 0.3 is 0 Å². The van der Waals surface area contributed by atoms with Gasteiger partial charge in [-0.25, -0.2) is 0 Å². The van der Waals surface area contributed by atoms with Crippen LogP contribution in [0.2, 0.25) is 0 Å². The lowest BCUT2D eigenvalue weighted by Gasteiger charge is -2.40. The van der Waals surface area contributed by atoms with Crippen molar-refractivity contribution in [1.82, 2.24) is 0 Å². The van der Waals surface area contributed by atoms with Crippen molar-refractivity contribution >= 4 is 0 Å². The SMILES string of the molecule is CC1CC2OCC(C)OC2CO1. The van der Waals surface area contributed by atoms with Gasteiger partial charge in [-0.05, 0) is 13.8 Å². The summed E-state index contributed by atoms with van der Waals surface area (Å²) in [5.41, 5.74) is 0. The zero-order chi connectivity index (χ0) is 8.55. The zero-order valence-electron chi connectivity index (χ0n) is 7.66. The monoisotopic (exact) mass is 172 g/mol. The summed E-state index contributed by atoms with van der Waals surface area (Å²) in [6.45, 7) is 5.54. The van der Waals surface area contributed by atoms with E-state index in [1.807, 2.05) is 6.92 Å². The van der Waals surface area contributed by atoms with Crippen molar-refractivity contribution < 1.29 is 14.2 Å². The molecule has 0 spiro atoms. The second kappa shape index (κ2) is 3.32. The van der Waals surface area contributed by atoms with E-state index in [9.17, 15) is 0 Å². The fraction of sp³-hybridized carbons (Fsp3) is 1.00. The Balaban J connectivity index is 1.94. The second-order valence-electron chi connectivity index (χ2n) is 3.74. The van der Waals surface area contributed by atoms with E-state index in [0.717, 1.165) is 13.0 Å². The maximum Gasteiger partial charge on any atom is 0.107 e. The molecule has 4 unspecified atom stereocenters. The molecule has 0 aromatic rings. The number of hydrogen-bond donors (Lipinski definition) is 0. The highest BCUT2D eigenvalue weighted by Gasteiger charge is 2.35. The van der Waals surface area contributed by atoms with Gasteiger partial charge in [-0.3, -0.25) is 0 Å². The van der Waals surface area contributed by atoms with Crippen molar-refractivity contribution in [3.05, 3.63) is 0 Å². The Kier molecular flexibility index (Phi) is 2.35. The van der Waals surface area contributed by atoms with Gasteiger partial charge in [-0.15, -0.1) is 0 Å². The lowest BCUT2D eigenvalue weighted by molar-refractivity contribution is -0.226. The summed E-state index contributed by atoms with van der Waals surface area (Å²) in [4.78, 5) is 0. The average Bonchev–Trinajstić information content (AvgIpc) is 2.05. The van der Waals surface area contributed by atoms with E-state index in [4.69, 9.17) is 14.2 Å². The van der Waals surface area contributed by atoms with E-state index in [0.29, 0.717) is 12.7 Å². The molecule has 2 saturated heterocycles. The Morgan fingerprint density at radius 1 is 0.917 bits per heavy atom. The Labute approximate surface area is 73.0 Å². The molecule has 2 heterocycles. The van der Waals surface area contributed by atoms with E-state index >= 15 is 0 Å². The highest BCUT2D eigenvalue weighted by Crippen LogP contribution is 2.24. The van der Waals surface area contributed by atoms with Crippen molar-refractivity contribution in [2.45, 2.75) is 44.7 Å². The molecule has 70 valence electrons. The van der Waals surface area contributed by atoms with E-state index in [2.05, 4.69) is 6.92 Å². The topological polar surface area (TPSA) is 27.7 Å². The Morgan fingerprint density at radius 2 is 1.75 bits per heavy atom. The summed E-state index contributed by atoms with van der Waals surface area (Å²) >= 11 is 0. The van der Waals surface area contributed by atoms with Gasteiger partial charge in [0.15, 0.2) is 0 Å². The van der Waals surface area contributed by atoms with Crippen LogP contribution in [0.25, 0.3) is 0 Å². The maximum atomic E-state index is 5.69. The lowest BCUT2D eigenvalue weighted by Crippen LogP contribution is -2.50. The highest BCUT2D eigenvalue weighted by atomic mass is 16.6. The first-order chi connectivity index (χ1) is 5.75. The molecule has 0 aliphatic carbocycles. The molecule has 0 N–H and O–H groups in total. The molecule has 4 atom stereocenters. The highest BCUT2D eigenvalue weighted by molar-refractivity contribution is 4.82. The molecule has 0 aromatic carbocycles. The first-order valence-corrected chi connectivity index (χ1v) is 4.64. The van der Waals surface area contributed by atoms with Crippen LogP contribution in [0.1, 0.15) is 20.3 Å². The summed E-state index contributed by atoms with van der Waals surface area (Å²) in [7, 11) is 0. The summed E-state index contributed by atoms with van der Waals surface area (Å²) < 4.78 is 16.8. The van der Waals surface area contributed by atoms with Crippen molar-refractivity contribution in [2.24, 2.45) is 0 Å². The van der Waals surface area contributed by atoms with Crippen LogP contribution in [0, 0.1) is 0 Å². The molecular formula is C9H16O3. The van der Waals surface area contributed by atoms with Crippen molar-refractivity contribution in [3.8, 4) is 0 Å². The minimum absolute atomic E-state index is 0.171. The third-order valence-corrected chi connectivity index (χ3v) is 2.48. The predicted molar refractivity (Wildman–Crippen MR) is 44.1 cm³/mol. The van der Waals surface area contributed by atoms with Crippen LogP contribution in [0.15, 0.2) is 0 Å². The summed E-state index contributed by atoms with van der Waals surface area (Å²) in [5, 5.41) is 0. The van der Waals surface area contributed by atoms with Crippen LogP contribution in [-0.4, -0.2) is 37.6 Å². The molecule has 0 amide bonds. The van der Waals surface area contributed by atoms with Crippen molar-refractivity contribution in [1.29, 1.82) is 0 Å². The Bertz CT molecular complexity index is 142. The number of fused-ring (bicyclic) bond motifs is 1. The van der Waals surface area contributed by atoms with Gasteiger partial charge in [0, 0.05) is 6.42 Å². The van der Waals surface area contributed by atoms with Gasteiger partial charge in [0.25, 0.3) is 0 Å². The van der Waals surface area contributed by atoms with Crippen molar-refractivity contribution in [2.75, 3.05) is 13.2 Å². The first kappa shape index (κ1) is 8.48. The minimum atomic E-state index is 0.171. The summed E-state index contributed by atoms with van der Waals surface area (Å²) in [6.07, 6.45) is 1.96. The zero-order valence-corrected chi connectivity index (χ0v) is 7.66. The fourth-order valence-electron chi connectivity index (χ4n) is 1.81. The number of hydrogen-bond acceptors (Lipinski definition) is 3. The molecule has 3 nitrogen and oxygen atoms in total. The smallest absolute Gasteiger partial charge is 0.107 e. The van der Waals surface area contributed by atoms with Gasteiger partial charge in [-0.1, -0.05) is 0 Å². The predicted octanol–water partition coefficient (Wildman–Crippen LogP) is 0.968. The molecule has 0 radical (unpaired) electrons. The average molecular weight is 172 g/mol. The van der Waals surface area contributed by atoms with Gasteiger partial charge in [0.1, 0.15) is 6.10 Å². The van der Waals surface area contributed by atoms with E-state index in [1.165, 1.54) is 0 Å². The molecule has 0 bridgehead atoms. The van der Waals surface area contributed by atoms with Gasteiger partial charge < -0.3 is 14.2 Å². The number of ether oxygens (including phenoxy) is 3. The van der Waals surface area contributed by atoms with Crippen LogP contribution < -0.4 is 0 Å². The normalized spacial score (nSPS) is 48.5. The molecule has 2 rings (SSSR count). The van der Waals surface area contributed by atoms with Gasteiger partial charge in [-0.2, -0.15) is 0 Å². The van der Waals surface area contributed by atoms with Gasteiger partial charge in [0.05, 0.1) is 31.5 Å². The van der Waals surface area contributed by atoms with Crippen LogP contribution in [-0.2, 0) is 14.2 Å². The molecule has 2 aliphatic heterocycles. The fourth-order valence-corrected chi connectivity index (χ4v) is 1.81. The van der Waals surface area contributed by atoms with Crippen LogP contribution >= 0.6 is 0 Å². The number of rotatable bonds is 0. The Hall–Kier alpha value is -0.120. The van der Waals surface area contributed by atoms with Crippen molar-refractivity contribution in [3.63, 3.8) is 0 Å². The van der Waals surface area contributed by atoms with Crippen LogP contribution in [0.4, 0.5) is 0 Å². The summed E-state index contributed by atoms with van der Waals surface area (Å²) in [5.74, 6) is 0. The Morgan fingerprint density at radius 3 is 2.58 bits per heavy atom. The molecule has 2 aliphatic rings. The third kappa shape index (κ3) is 1.63. The van der Waals surface area contributed by atoms with Gasteiger partial charge in [0.2, 0.25) is 0 Å². The molecule has 0 aromatic heterocycles. The summed E-state index contributed by atoms with van der Waals surface area (Å²) in [6, 6.07) is 0. The molecule has 2 fully saturated rings. The van der Waals surface area contributed by atoms with Crippen LogP contribution in [0.3, 0.4) is 0 Å². The standard InChI is InChI=1S/C9H16O3/c1-6-3-8-9(5-10-6)12-7(2)4-11-8/h6-9H,3-5H2,1-2H3. The first-order valence-electron chi connectivity index (χ1n) is 4.64. The minimum Gasteiger partial charge on any atom is -0.376 e. The lowest BCUT2D eigenvalue weighted by atomic mass is 10.0. The molecule has 12 heavy (non-hydrogen) atoms.